The zero-order valence-electron chi connectivity index (χ0n) is 15.2. The maximum Gasteiger partial charge on any atom is 0.124 e. The quantitative estimate of drug-likeness (QED) is 0.713. The van der Waals surface area contributed by atoms with Gasteiger partial charge in [-0.3, -0.25) is 0 Å². The third kappa shape index (κ3) is 3.00. The monoisotopic (exact) mass is 350 g/mol. The molecule has 2 aromatic carbocycles. The van der Waals surface area contributed by atoms with E-state index in [-0.39, 0.29) is 6.10 Å². The van der Waals surface area contributed by atoms with Crippen LogP contribution in [0, 0.1) is 0 Å². The van der Waals surface area contributed by atoms with Gasteiger partial charge in [-0.1, -0.05) is 49.2 Å². The van der Waals surface area contributed by atoms with Crippen molar-refractivity contribution in [3.63, 3.8) is 0 Å². The summed E-state index contributed by atoms with van der Waals surface area (Å²) in [6.07, 6.45) is 6.24. The van der Waals surface area contributed by atoms with Gasteiger partial charge in [0.15, 0.2) is 0 Å². The minimum atomic E-state index is -0.472. The van der Waals surface area contributed by atoms with Crippen molar-refractivity contribution in [2.24, 2.45) is 5.73 Å². The highest BCUT2D eigenvalue weighted by Gasteiger charge is 2.41. The molecule has 4 heteroatoms. The zero-order chi connectivity index (χ0) is 18.0. The van der Waals surface area contributed by atoms with Crippen molar-refractivity contribution in [2.75, 3.05) is 7.11 Å². The fourth-order valence-electron chi connectivity index (χ4n) is 4.18. The van der Waals surface area contributed by atoms with E-state index in [2.05, 4.69) is 29.4 Å². The van der Waals surface area contributed by atoms with E-state index < -0.39 is 5.54 Å². The van der Waals surface area contributed by atoms with Crippen LogP contribution in [0.2, 0.25) is 0 Å². The number of nitrogens with one attached hydrogen (secondary N) is 1. The highest BCUT2D eigenvalue weighted by atomic mass is 16.5. The Morgan fingerprint density at radius 1 is 1.12 bits per heavy atom. The van der Waals surface area contributed by atoms with Crippen LogP contribution in [0.5, 0.6) is 5.75 Å². The molecule has 1 fully saturated rings. The predicted molar refractivity (Wildman–Crippen MR) is 104 cm³/mol. The average molecular weight is 350 g/mol. The predicted octanol–water partition coefficient (Wildman–Crippen LogP) is 4.49. The molecule has 4 nitrogen and oxygen atoms in total. The fourth-order valence-corrected chi connectivity index (χ4v) is 4.18. The summed E-state index contributed by atoms with van der Waals surface area (Å²) in [5, 5.41) is 1.20. The Morgan fingerprint density at radius 3 is 2.81 bits per heavy atom. The first kappa shape index (κ1) is 17.1. The Balaban J connectivity index is 1.62. The summed E-state index contributed by atoms with van der Waals surface area (Å²) in [6.45, 7) is 0.510. The van der Waals surface area contributed by atoms with Gasteiger partial charge in [-0.25, -0.2) is 0 Å². The molecule has 1 aliphatic carbocycles. The fraction of sp³-hybridized carbons (Fsp3) is 0.364. The molecule has 2 atom stereocenters. The smallest absolute Gasteiger partial charge is 0.124 e. The van der Waals surface area contributed by atoms with Crippen LogP contribution in [-0.4, -0.2) is 18.2 Å². The molecule has 0 aliphatic heterocycles. The molecular formula is C22H26N2O2. The lowest BCUT2D eigenvalue weighted by Gasteiger charge is -2.41. The zero-order valence-corrected chi connectivity index (χ0v) is 15.2. The lowest BCUT2D eigenvalue weighted by molar-refractivity contribution is -0.0373. The van der Waals surface area contributed by atoms with E-state index in [4.69, 9.17) is 15.2 Å². The molecule has 0 saturated heterocycles. The number of nitrogens with two attached hydrogens (primary N) is 1. The van der Waals surface area contributed by atoms with E-state index in [9.17, 15) is 0 Å². The highest BCUT2D eigenvalue weighted by Crippen LogP contribution is 2.40. The van der Waals surface area contributed by atoms with E-state index in [1.54, 1.807) is 7.11 Å². The van der Waals surface area contributed by atoms with Gasteiger partial charge in [0.1, 0.15) is 5.75 Å². The number of benzene rings is 2. The molecule has 1 saturated carbocycles. The molecule has 0 radical (unpaired) electrons. The first-order valence-corrected chi connectivity index (χ1v) is 9.31. The molecule has 26 heavy (non-hydrogen) atoms. The molecule has 1 aromatic heterocycles. The molecule has 3 N–H and O–H groups in total. The summed E-state index contributed by atoms with van der Waals surface area (Å²) >= 11 is 0. The SMILES string of the molecule is COc1ccccc1COC1CCCCC1(N)c1c[nH]c2ccccc12. The van der Waals surface area contributed by atoms with Gasteiger partial charge >= 0.3 is 0 Å². The Labute approximate surface area is 154 Å². The van der Waals surface area contributed by atoms with Gasteiger partial charge in [-0.15, -0.1) is 0 Å². The van der Waals surface area contributed by atoms with Crippen molar-refractivity contribution in [3.8, 4) is 5.75 Å². The van der Waals surface area contributed by atoms with E-state index in [1.165, 1.54) is 5.39 Å². The van der Waals surface area contributed by atoms with E-state index >= 15 is 0 Å². The van der Waals surface area contributed by atoms with Crippen LogP contribution < -0.4 is 10.5 Å². The number of aromatic nitrogens is 1. The minimum absolute atomic E-state index is 0.0135. The Bertz CT molecular complexity index is 888. The van der Waals surface area contributed by atoms with Gasteiger partial charge in [-0.05, 0) is 30.5 Å². The summed E-state index contributed by atoms with van der Waals surface area (Å²) in [6, 6.07) is 16.3. The number of hydrogen-bond acceptors (Lipinski definition) is 3. The summed E-state index contributed by atoms with van der Waals surface area (Å²) in [5.41, 5.74) is 9.87. The summed E-state index contributed by atoms with van der Waals surface area (Å²) < 4.78 is 11.8. The van der Waals surface area contributed by atoms with Gasteiger partial charge < -0.3 is 20.2 Å². The molecule has 4 rings (SSSR count). The highest BCUT2D eigenvalue weighted by molar-refractivity contribution is 5.84. The second-order valence-electron chi connectivity index (χ2n) is 7.15. The van der Waals surface area contributed by atoms with Crippen LogP contribution >= 0.6 is 0 Å². The molecule has 3 aromatic rings. The van der Waals surface area contributed by atoms with Crippen molar-refractivity contribution < 1.29 is 9.47 Å². The number of fused-ring (bicyclic) bond motifs is 1. The van der Waals surface area contributed by atoms with E-state index in [0.717, 1.165) is 48.1 Å². The number of rotatable bonds is 5. The Morgan fingerprint density at radius 2 is 1.92 bits per heavy atom. The van der Waals surface area contributed by atoms with Crippen LogP contribution in [0.3, 0.4) is 0 Å². The van der Waals surface area contributed by atoms with Gasteiger partial charge in [0.2, 0.25) is 0 Å². The molecule has 0 bridgehead atoms. The van der Waals surface area contributed by atoms with Gasteiger partial charge in [0.25, 0.3) is 0 Å². The van der Waals surface area contributed by atoms with Crippen molar-refractivity contribution in [1.82, 2.24) is 4.98 Å². The van der Waals surface area contributed by atoms with Gasteiger partial charge in [0.05, 0.1) is 25.4 Å². The van der Waals surface area contributed by atoms with Crippen LogP contribution in [0.25, 0.3) is 10.9 Å². The van der Waals surface area contributed by atoms with Crippen molar-refractivity contribution in [1.29, 1.82) is 0 Å². The first-order chi connectivity index (χ1) is 12.7. The number of para-hydroxylation sites is 2. The normalized spacial score (nSPS) is 23.2. The Hall–Kier alpha value is -2.30. The van der Waals surface area contributed by atoms with Crippen LogP contribution in [0.1, 0.15) is 36.8 Å². The van der Waals surface area contributed by atoms with Gasteiger partial charge in [0, 0.05) is 22.7 Å². The van der Waals surface area contributed by atoms with Gasteiger partial charge in [-0.2, -0.15) is 0 Å². The lowest BCUT2D eigenvalue weighted by atomic mass is 9.75. The standard InChI is InChI=1S/C22H26N2O2/c1-25-20-11-5-2-8-16(20)15-26-21-12-6-7-13-22(21,23)18-14-24-19-10-4-3-9-17(18)19/h2-5,8-11,14,21,24H,6-7,12-13,15,23H2,1H3. The Kier molecular flexibility index (Phi) is 4.70. The van der Waals surface area contributed by atoms with Crippen LogP contribution in [0.15, 0.2) is 54.7 Å². The largest absolute Gasteiger partial charge is 0.496 e. The van der Waals surface area contributed by atoms with Crippen molar-refractivity contribution >= 4 is 10.9 Å². The molecule has 2 unspecified atom stereocenters. The second-order valence-corrected chi connectivity index (χ2v) is 7.15. The molecule has 0 amide bonds. The second kappa shape index (κ2) is 7.14. The molecule has 1 heterocycles. The molecular weight excluding hydrogens is 324 g/mol. The molecule has 136 valence electrons. The molecule has 0 spiro atoms. The average Bonchev–Trinajstić information content (AvgIpc) is 3.12. The topological polar surface area (TPSA) is 60.3 Å². The lowest BCUT2D eigenvalue weighted by Crippen LogP contribution is -2.51. The summed E-state index contributed by atoms with van der Waals surface area (Å²) in [5.74, 6) is 0.859. The van der Waals surface area contributed by atoms with Crippen molar-refractivity contribution in [2.45, 2.75) is 43.9 Å². The third-order valence-corrected chi connectivity index (χ3v) is 5.60. The van der Waals surface area contributed by atoms with E-state index in [0.29, 0.717) is 6.61 Å². The number of aromatic amines is 1. The minimum Gasteiger partial charge on any atom is -0.496 e. The van der Waals surface area contributed by atoms with Crippen molar-refractivity contribution in [3.05, 3.63) is 65.9 Å². The maximum absolute atomic E-state index is 6.99. The number of hydrogen-bond donors (Lipinski definition) is 2. The van der Waals surface area contributed by atoms with Crippen LogP contribution in [0.4, 0.5) is 0 Å². The van der Waals surface area contributed by atoms with E-state index in [1.807, 2.05) is 30.3 Å². The number of methoxy groups -OCH3 is 1. The number of ether oxygens (including phenoxy) is 2. The third-order valence-electron chi connectivity index (χ3n) is 5.60. The summed E-state index contributed by atoms with van der Waals surface area (Å²) in [4.78, 5) is 3.37. The van der Waals surface area contributed by atoms with Crippen LogP contribution in [-0.2, 0) is 16.9 Å². The first-order valence-electron chi connectivity index (χ1n) is 9.31. The summed E-state index contributed by atoms with van der Waals surface area (Å²) in [7, 11) is 1.69. The maximum atomic E-state index is 6.99. The molecule has 1 aliphatic rings. The number of H-pyrrole nitrogens is 1.